The summed E-state index contributed by atoms with van der Waals surface area (Å²) in [5.74, 6) is 6.37. The van der Waals surface area contributed by atoms with Crippen LogP contribution in [0.5, 0.6) is 0 Å². The highest BCUT2D eigenvalue weighted by atomic mass is 35.5. The van der Waals surface area contributed by atoms with E-state index in [-0.39, 0.29) is 6.04 Å². The van der Waals surface area contributed by atoms with Gasteiger partial charge in [-0.3, -0.25) is 16.3 Å². The number of pyridine rings is 1. The van der Waals surface area contributed by atoms with Gasteiger partial charge in [0, 0.05) is 6.20 Å². The molecular weight excluding hydrogens is 222 g/mol. The lowest BCUT2D eigenvalue weighted by Gasteiger charge is -2.19. The SMILES string of the molecule is NNC(CC1CCCC1)c1ncccc1Cl. The number of nitrogens with one attached hydrogen (secondary N) is 1. The number of rotatable bonds is 4. The summed E-state index contributed by atoms with van der Waals surface area (Å²) in [4.78, 5) is 4.32. The highest BCUT2D eigenvalue weighted by molar-refractivity contribution is 6.31. The van der Waals surface area contributed by atoms with Crippen molar-refractivity contribution in [1.82, 2.24) is 10.4 Å². The molecule has 88 valence electrons. The fraction of sp³-hybridized carbons (Fsp3) is 0.583. The van der Waals surface area contributed by atoms with E-state index in [1.54, 1.807) is 6.20 Å². The number of hydrogen-bond donors (Lipinski definition) is 2. The summed E-state index contributed by atoms with van der Waals surface area (Å²) in [5.41, 5.74) is 3.71. The molecule has 0 amide bonds. The van der Waals surface area contributed by atoms with Crippen molar-refractivity contribution in [2.45, 2.75) is 38.1 Å². The molecule has 2 rings (SSSR count). The molecule has 0 spiro atoms. The van der Waals surface area contributed by atoms with Crippen LogP contribution in [0.15, 0.2) is 18.3 Å². The Morgan fingerprint density at radius 3 is 2.88 bits per heavy atom. The van der Waals surface area contributed by atoms with Gasteiger partial charge in [0.05, 0.1) is 16.8 Å². The monoisotopic (exact) mass is 239 g/mol. The minimum atomic E-state index is 0.0804. The highest BCUT2D eigenvalue weighted by Gasteiger charge is 2.22. The van der Waals surface area contributed by atoms with Gasteiger partial charge in [-0.2, -0.15) is 0 Å². The van der Waals surface area contributed by atoms with Crippen molar-refractivity contribution in [3.63, 3.8) is 0 Å². The van der Waals surface area contributed by atoms with Gasteiger partial charge in [-0.25, -0.2) is 0 Å². The van der Waals surface area contributed by atoms with Crippen molar-refractivity contribution in [2.24, 2.45) is 11.8 Å². The van der Waals surface area contributed by atoms with Gasteiger partial charge in [0.1, 0.15) is 0 Å². The summed E-state index contributed by atoms with van der Waals surface area (Å²) in [5, 5.41) is 0.698. The molecule has 1 heterocycles. The predicted molar refractivity (Wildman–Crippen MR) is 65.9 cm³/mol. The molecule has 0 aromatic carbocycles. The molecule has 16 heavy (non-hydrogen) atoms. The number of hydrazine groups is 1. The second-order valence-electron chi connectivity index (χ2n) is 4.48. The average molecular weight is 240 g/mol. The molecule has 1 saturated carbocycles. The van der Waals surface area contributed by atoms with Crippen molar-refractivity contribution in [2.75, 3.05) is 0 Å². The molecule has 1 atom stereocenters. The molecule has 3 nitrogen and oxygen atoms in total. The Bertz CT molecular complexity index is 337. The molecule has 0 aliphatic heterocycles. The number of halogens is 1. The molecule has 1 aromatic rings. The zero-order valence-corrected chi connectivity index (χ0v) is 10.1. The summed E-state index contributed by atoms with van der Waals surface area (Å²) in [7, 11) is 0. The fourth-order valence-corrected chi connectivity index (χ4v) is 2.75. The van der Waals surface area contributed by atoms with Crippen LogP contribution in [0.25, 0.3) is 0 Å². The summed E-state index contributed by atoms with van der Waals surface area (Å²) in [6.07, 6.45) is 8.11. The predicted octanol–water partition coefficient (Wildman–Crippen LogP) is 2.82. The number of hydrogen-bond acceptors (Lipinski definition) is 3. The minimum absolute atomic E-state index is 0.0804. The van der Waals surface area contributed by atoms with Crippen molar-refractivity contribution in [3.8, 4) is 0 Å². The molecule has 1 aliphatic carbocycles. The number of aromatic nitrogens is 1. The lowest BCUT2D eigenvalue weighted by molar-refractivity contribution is 0.394. The Kier molecular flexibility index (Phi) is 4.16. The Balaban J connectivity index is 2.06. The maximum absolute atomic E-state index is 6.13. The van der Waals surface area contributed by atoms with Crippen LogP contribution >= 0.6 is 11.6 Å². The van der Waals surface area contributed by atoms with Crippen LogP contribution in [0.1, 0.15) is 43.8 Å². The van der Waals surface area contributed by atoms with Gasteiger partial charge in [-0.15, -0.1) is 0 Å². The van der Waals surface area contributed by atoms with E-state index in [9.17, 15) is 0 Å². The first-order valence-corrected chi connectivity index (χ1v) is 6.25. The summed E-state index contributed by atoms with van der Waals surface area (Å²) < 4.78 is 0. The first-order chi connectivity index (χ1) is 7.81. The van der Waals surface area contributed by atoms with Crippen molar-refractivity contribution in [3.05, 3.63) is 29.0 Å². The smallest absolute Gasteiger partial charge is 0.0772 e. The van der Waals surface area contributed by atoms with E-state index < -0.39 is 0 Å². The van der Waals surface area contributed by atoms with E-state index in [4.69, 9.17) is 17.4 Å². The molecule has 1 unspecified atom stereocenters. The minimum Gasteiger partial charge on any atom is -0.271 e. The van der Waals surface area contributed by atoms with E-state index in [2.05, 4.69) is 10.4 Å². The zero-order valence-electron chi connectivity index (χ0n) is 9.32. The zero-order chi connectivity index (χ0) is 11.4. The maximum atomic E-state index is 6.13. The summed E-state index contributed by atoms with van der Waals surface area (Å²) >= 11 is 6.13. The number of nitrogens with zero attached hydrogens (tertiary/aromatic N) is 1. The molecule has 1 fully saturated rings. The molecule has 3 N–H and O–H groups in total. The lowest BCUT2D eigenvalue weighted by atomic mass is 9.96. The van der Waals surface area contributed by atoms with Crippen LogP contribution in [-0.4, -0.2) is 4.98 Å². The summed E-state index contributed by atoms with van der Waals surface area (Å²) in [6, 6.07) is 3.79. The molecule has 1 aromatic heterocycles. The van der Waals surface area contributed by atoms with Crippen molar-refractivity contribution in [1.29, 1.82) is 0 Å². The van der Waals surface area contributed by atoms with E-state index >= 15 is 0 Å². The van der Waals surface area contributed by atoms with Crippen LogP contribution in [0, 0.1) is 5.92 Å². The van der Waals surface area contributed by atoms with Gasteiger partial charge in [0.15, 0.2) is 0 Å². The second-order valence-corrected chi connectivity index (χ2v) is 4.88. The Hall–Kier alpha value is -0.640. The van der Waals surface area contributed by atoms with E-state index in [0.29, 0.717) is 5.02 Å². The van der Waals surface area contributed by atoms with Crippen LogP contribution in [-0.2, 0) is 0 Å². The van der Waals surface area contributed by atoms with Crippen molar-refractivity contribution >= 4 is 11.6 Å². The van der Waals surface area contributed by atoms with Gasteiger partial charge in [0.2, 0.25) is 0 Å². The van der Waals surface area contributed by atoms with Crippen LogP contribution in [0.2, 0.25) is 5.02 Å². The van der Waals surface area contributed by atoms with Gasteiger partial charge in [-0.05, 0) is 24.5 Å². The molecule has 4 heteroatoms. The van der Waals surface area contributed by atoms with Gasteiger partial charge in [0.25, 0.3) is 0 Å². The second kappa shape index (κ2) is 5.62. The lowest BCUT2D eigenvalue weighted by Crippen LogP contribution is -2.30. The third-order valence-corrected chi connectivity index (χ3v) is 3.68. The van der Waals surface area contributed by atoms with Crippen molar-refractivity contribution < 1.29 is 0 Å². The van der Waals surface area contributed by atoms with E-state index in [0.717, 1.165) is 18.0 Å². The molecular formula is C12H18ClN3. The fourth-order valence-electron chi connectivity index (χ4n) is 2.49. The third-order valence-electron chi connectivity index (χ3n) is 3.36. The topological polar surface area (TPSA) is 50.9 Å². The van der Waals surface area contributed by atoms with Gasteiger partial charge < -0.3 is 0 Å². The van der Waals surface area contributed by atoms with Crippen LogP contribution in [0.4, 0.5) is 0 Å². The third kappa shape index (κ3) is 2.73. The Labute approximate surface area is 101 Å². The first-order valence-electron chi connectivity index (χ1n) is 5.88. The molecule has 0 saturated heterocycles. The van der Waals surface area contributed by atoms with E-state index in [1.165, 1.54) is 25.7 Å². The standard InChI is InChI=1S/C12H18ClN3/c13-10-6-3-7-15-12(10)11(16-14)8-9-4-1-2-5-9/h3,6-7,9,11,16H,1-2,4-5,8,14H2. The van der Waals surface area contributed by atoms with Gasteiger partial charge >= 0.3 is 0 Å². The van der Waals surface area contributed by atoms with Crippen LogP contribution < -0.4 is 11.3 Å². The average Bonchev–Trinajstić information content (AvgIpc) is 2.80. The van der Waals surface area contributed by atoms with Crippen LogP contribution in [0.3, 0.4) is 0 Å². The molecule has 1 aliphatic rings. The highest BCUT2D eigenvalue weighted by Crippen LogP contribution is 2.33. The quantitative estimate of drug-likeness (QED) is 0.628. The first kappa shape index (κ1) is 11.8. The van der Waals surface area contributed by atoms with Gasteiger partial charge in [-0.1, -0.05) is 37.3 Å². The Morgan fingerprint density at radius 1 is 1.50 bits per heavy atom. The normalized spacial score (nSPS) is 18.9. The molecule has 0 radical (unpaired) electrons. The molecule has 0 bridgehead atoms. The summed E-state index contributed by atoms with van der Waals surface area (Å²) in [6.45, 7) is 0. The number of nitrogens with two attached hydrogens (primary N) is 1. The largest absolute Gasteiger partial charge is 0.271 e. The van der Waals surface area contributed by atoms with E-state index in [1.807, 2.05) is 12.1 Å². The maximum Gasteiger partial charge on any atom is 0.0772 e. The Morgan fingerprint density at radius 2 is 2.25 bits per heavy atom.